The third kappa shape index (κ3) is 3.57. The molecule has 0 aliphatic rings. The van der Waals surface area contributed by atoms with Gasteiger partial charge in [0, 0.05) is 5.56 Å². The van der Waals surface area contributed by atoms with Gasteiger partial charge in [-0.3, -0.25) is 9.59 Å². The highest BCUT2D eigenvalue weighted by atomic mass is 19.2. The molecule has 22 heavy (non-hydrogen) atoms. The fraction of sp³-hybridized carbons (Fsp3) is 0.0667. The zero-order valence-corrected chi connectivity index (χ0v) is 11.1. The van der Waals surface area contributed by atoms with Gasteiger partial charge in [-0.05, 0) is 35.9 Å². The van der Waals surface area contributed by atoms with Gasteiger partial charge in [0.25, 0.3) is 5.91 Å². The average Bonchev–Trinajstić information content (AvgIpc) is 2.45. The summed E-state index contributed by atoms with van der Waals surface area (Å²) in [6.45, 7) is 0. The first kappa shape index (κ1) is 15.4. The van der Waals surface area contributed by atoms with Gasteiger partial charge in [-0.2, -0.15) is 0 Å². The molecule has 0 bridgehead atoms. The number of carboxylic acids is 1. The van der Waals surface area contributed by atoms with Crippen molar-refractivity contribution in [3.05, 3.63) is 59.2 Å². The van der Waals surface area contributed by atoms with E-state index in [1.165, 1.54) is 18.2 Å². The van der Waals surface area contributed by atoms with Crippen LogP contribution in [0.2, 0.25) is 0 Å². The number of phenols is 1. The van der Waals surface area contributed by atoms with Crippen molar-refractivity contribution in [2.45, 2.75) is 6.42 Å². The Balaban J connectivity index is 2.23. The summed E-state index contributed by atoms with van der Waals surface area (Å²) in [5.41, 5.74) is 0.210. The predicted molar refractivity (Wildman–Crippen MR) is 73.8 cm³/mol. The minimum absolute atomic E-state index is 0.0199. The van der Waals surface area contributed by atoms with Crippen molar-refractivity contribution in [3.8, 4) is 5.75 Å². The molecule has 114 valence electrons. The van der Waals surface area contributed by atoms with E-state index in [4.69, 9.17) is 5.11 Å². The number of anilines is 1. The van der Waals surface area contributed by atoms with Gasteiger partial charge >= 0.3 is 5.97 Å². The zero-order valence-electron chi connectivity index (χ0n) is 11.1. The predicted octanol–water partition coefficient (Wildman–Crippen LogP) is 2.55. The number of carboxylic acid groups (broad SMARTS) is 1. The molecule has 0 aliphatic heterocycles. The molecule has 0 atom stereocenters. The van der Waals surface area contributed by atoms with Crippen molar-refractivity contribution in [2.75, 3.05) is 5.32 Å². The number of aromatic hydroxyl groups is 1. The van der Waals surface area contributed by atoms with E-state index in [9.17, 15) is 23.5 Å². The molecular formula is C15H11F2NO4. The fourth-order valence-corrected chi connectivity index (χ4v) is 1.80. The van der Waals surface area contributed by atoms with Crippen molar-refractivity contribution in [3.63, 3.8) is 0 Å². The second-order valence-corrected chi connectivity index (χ2v) is 4.51. The number of halogens is 2. The molecule has 2 aromatic rings. The van der Waals surface area contributed by atoms with Crippen LogP contribution >= 0.6 is 0 Å². The molecule has 0 spiro atoms. The van der Waals surface area contributed by atoms with Crippen molar-refractivity contribution < 1.29 is 28.6 Å². The Hall–Kier alpha value is -2.96. The number of benzene rings is 2. The molecule has 0 heterocycles. The van der Waals surface area contributed by atoms with Crippen LogP contribution in [0.4, 0.5) is 14.5 Å². The largest absolute Gasteiger partial charge is 0.506 e. The zero-order chi connectivity index (χ0) is 16.3. The molecular weight excluding hydrogens is 296 g/mol. The molecule has 3 N–H and O–H groups in total. The number of phenolic OH excluding ortho intramolecular Hbond substituents is 1. The SMILES string of the molecule is O=C(O)Cc1ccc(O)c(NC(=O)c2ccc(F)c(F)c2)c1. The first-order valence-corrected chi connectivity index (χ1v) is 6.17. The number of aliphatic carboxylic acids is 1. The Labute approximate surface area is 123 Å². The van der Waals surface area contributed by atoms with E-state index in [0.29, 0.717) is 5.56 Å². The second-order valence-electron chi connectivity index (χ2n) is 4.51. The highest BCUT2D eigenvalue weighted by Gasteiger charge is 2.13. The topological polar surface area (TPSA) is 86.6 Å². The van der Waals surface area contributed by atoms with E-state index in [1.54, 1.807) is 0 Å². The first-order chi connectivity index (χ1) is 10.4. The number of hydrogen-bond acceptors (Lipinski definition) is 3. The summed E-state index contributed by atoms with van der Waals surface area (Å²) in [6.07, 6.45) is -0.283. The van der Waals surface area contributed by atoms with Crippen LogP contribution in [0.25, 0.3) is 0 Å². The van der Waals surface area contributed by atoms with Gasteiger partial charge in [-0.25, -0.2) is 8.78 Å². The van der Waals surface area contributed by atoms with Crippen LogP contribution in [0.3, 0.4) is 0 Å². The minimum atomic E-state index is -1.17. The van der Waals surface area contributed by atoms with Gasteiger partial charge in [0.05, 0.1) is 12.1 Å². The lowest BCUT2D eigenvalue weighted by Crippen LogP contribution is -2.13. The van der Waals surface area contributed by atoms with Crippen LogP contribution in [-0.4, -0.2) is 22.1 Å². The smallest absolute Gasteiger partial charge is 0.307 e. The average molecular weight is 307 g/mol. The first-order valence-electron chi connectivity index (χ1n) is 6.17. The molecule has 2 rings (SSSR count). The second kappa shape index (κ2) is 6.21. The highest BCUT2D eigenvalue weighted by Crippen LogP contribution is 2.25. The van der Waals surface area contributed by atoms with E-state index in [-0.39, 0.29) is 23.4 Å². The summed E-state index contributed by atoms with van der Waals surface area (Å²) >= 11 is 0. The fourth-order valence-electron chi connectivity index (χ4n) is 1.80. The summed E-state index contributed by atoms with van der Waals surface area (Å²) in [7, 11) is 0. The normalized spacial score (nSPS) is 10.3. The molecule has 0 aromatic heterocycles. The van der Waals surface area contributed by atoms with E-state index < -0.39 is 23.5 Å². The summed E-state index contributed by atoms with van der Waals surface area (Å²) in [5.74, 6) is -4.35. The Morgan fingerprint density at radius 3 is 2.41 bits per heavy atom. The van der Waals surface area contributed by atoms with Crippen molar-refractivity contribution >= 4 is 17.6 Å². The molecule has 0 unspecified atom stereocenters. The van der Waals surface area contributed by atoms with Crippen molar-refractivity contribution in [1.82, 2.24) is 0 Å². The number of rotatable bonds is 4. The quantitative estimate of drug-likeness (QED) is 0.758. The lowest BCUT2D eigenvalue weighted by molar-refractivity contribution is -0.136. The minimum Gasteiger partial charge on any atom is -0.506 e. The molecule has 1 amide bonds. The lowest BCUT2D eigenvalue weighted by Gasteiger charge is -2.09. The van der Waals surface area contributed by atoms with E-state index in [0.717, 1.165) is 18.2 Å². The molecule has 5 nitrogen and oxygen atoms in total. The van der Waals surface area contributed by atoms with Crippen LogP contribution in [0.1, 0.15) is 15.9 Å². The maximum Gasteiger partial charge on any atom is 0.307 e. The van der Waals surface area contributed by atoms with Crippen molar-refractivity contribution in [1.29, 1.82) is 0 Å². The summed E-state index contributed by atoms with van der Waals surface area (Å²) < 4.78 is 25.9. The maximum absolute atomic E-state index is 13.1. The maximum atomic E-state index is 13.1. The standard InChI is InChI=1S/C15H11F2NO4/c16-10-3-2-9(7-11(10)17)15(22)18-12-5-8(6-14(20)21)1-4-13(12)19/h1-5,7,19H,6H2,(H,18,22)(H,20,21). The van der Waals surface area contributed by atoms with Crippen LogP contribution < -0.4 is 5.32 Å². The Morgan fingerprint density at radius 1 is 1.05 bits per heavy atom. The summed E-state index contributed by atoms with van der Waals surface area (Å²) in [5, 5.41) is 20.7. The Bertz CT molecular complexity index is 746. The summed E-state index contributed by atoms with van der Waals surface area (Å²) in [6, 6.07) is 6.55. The molecule has 7 heteroatoms. The van der Waals surface area contributed by atoms with E-state index >= 15 is 0 Å². The van der Waals surface area contributed by atoms with Gasteiger partial charge < -0.3 is 15.5 Å². The van der Waals surface area contributed by atoms with Gasteiger partial charge in [0.15, 0.2) is 11.6 Å². The number of carbonyl (C=O) groups is 2. The van der Waals surface area contributed by atoms with E-state index in [1.807, 2.05) is 0 Å². The van der Waals surface area contributed by atoms with Crippen LogP contribution in [0.5, 0.6) is 5.75 Å². The molecule has 0 aliphatic carbocycles. The molecule has 0 radical (unpaired) electrons. The van der Waals surface area contributed by atoms with Crippen LogP contribution in [0, 0.1) is 11.6 Å². The van der Waals surface area contributed by atoms with Crippen LogP contribution in [-0.2, 0) is 11.2 Å². The van der Waals surface area contributed by atoms with Gasteiger partial charge in [-0.1, -0.05) is 6.07 Å². The van der Waals surface area contributed by atoms with Gasteiger partial charge in [0.1, 0.15) is 5.75 Å². The van der Waals surface area contributed by atoms with Gasteiger partial charge in [-0.15, -0.1) is 0 Å². The molecule has 0 saturated heterocycles. The number of amides is 1. The summed E-state index contributed by atoms with van der Waals surface area (Å²) in [4.78, 5) is 22.6. The van der Waals surface area contributed by atoms with Crippen LogP contribution in [0.15, 0.2) is 36.4 Å². The Morgan fingerprint density at radius 2 is 1.77 bits per heavy atom. The monoisotopic (exact) mass is 307 g/mol. The Kier molecular flexibility index (Phi) is 4.36. The van der Waals surface area contributed by atoms with Gasteiger partial charge in [0.2, 0.25) is 0 Å². The highest BCUT2D eigenvalue weighted by molar-refractivity contribution is 6.05. The molecule has 2 aromatic carbocycles. The lowest BCUT2D eigenvalue weighted by atomic mass is 10.1. The number of nitrogens with one attached hydrogen (secondary N) is 1. The third-order valence-electron chi connectivity index (χ3n) is 2.85. The number of carbonyl (C=O) groups excluding carboxylic acids is 1. The third-order valence-corrected chi connectivity index (χ3v) is 2.85. The number of hydrogen-bond donors (Lipinski definition) is 3. The van der Waals surface area contributed by atoms with E-state index in [2.05, 4.69) is 5.32 Å². The molecule has 0 saturated carbocycles. The van der Waals surface area contributed by atoms with Crippen molar-refractivity contribution in [2.24, 2.45) is 0 Å². The molecule has 0 fully saturated rings.